The minimum absolute atomic E-state index is 0.101. The predicted molar refractivity (Wildman–Crippen MR) is 139 cm³/mol. The Labute approximate surface area is 210 Å². The van der Waals surface area contributed by atoms with Crippen molar-refractivity contribution in [2.45, 2.75) is 81.3 Å². The maximum absolute atomic E-state index is 12.7. The second-order valence-electron chi connectivity index (χ2n) is 12.1. The van der Waals surface area contributed by atoms with E-state index in [1.807, 2.05) is 24.4 Å². The van der Waals surface area contributed by atoms with Crippen LogP contribution in [0.15, 0.2) is 42.6 Å². The molecule has 3 unspecified atom stereocenters. The molecule has 188 valence electrons. The van der Waals surface area contributed by atoms with Gasteiger partial charge in [-0.25, -0.2) is 0 Å². The fraction of sp³-hybridized carbons (Fsp3) is 0.633. The number of aryl methyl sites for hydroxylation is 1. The van der Waals surface area contributed by atoms with Crippen molar-refractivity contribution in [2.75, 3.05) is 32.7 Å². The molecule has 5 nitrogen and oxygen atoms in total. The number of likely N-dealkylation sites (tertiary alicyclic amines) is 2. The number of piperidine rings is 1. The van der Waals surface area contributed by atoms with E-state index in [1.54, 1.807) is 6.07 Å². The summed E-state index contributed by atoms with van der Waals surface area (Å²) in [7, 11) is 0. The third-order valence-corrected chi connectivity index (χ3v) is 10.1. The van der Waals surface area contributed by atoms with Gasteiger partial charge in [0.1, 0.15) is 5.75 Å². The van der Waals surface area contributed by atoms with E-state index in [4.69, 9.17) is 4.98 Å². The molecular weight excluding hydrogens is 434 g/mol. The van der Waals surface area contributed by atoms with Crippen LogP contribution in [0.4, 0.5) is 0 Å². The van der Waals surface area contributed by atoms with Crippen molar-refractivity contribution in [3.05, 3.63) is 59.4 Å². The van der Waals surface area contributed by atoms with Crippen LogP contribution < -0.4 is 0 Å². The van der Waals surface area contributed by atoms with Crippen LogP contribution in [0, 0.1) is 12.8 Å². The Morgan fingerprint density at radius 2 is 1.77 bits per heavy atom. The molecule has 2 N–H and O–H groups in total. The monoisotopic (exact) mass is 475 g/mol. The molecule has 3 atom stereocenters. The number of hydrogen-bond acceptors (Lipinski definition) is 5. The van der Waals surface area contributed by atoms with Crippen LogP contribution in [-0.2, 0) is 10.8 Å². The second kappa shape index (κ2) is 8.57. The summed E-state index contributed by atoms with van der Waals surface area (Å²) in [6.45, 7) is 9.45. The van der Waals surface area contributed by atoms with Crippen LogP contribution in [0.2, 0.25) is 0 Å². The minimum atomic E-state index is -0.824. The van der Waals surface area contributed by atoms with Gasteiger partial charge in [-0.15, -0.1) is 0 Å². The topological polar surface area (TPSA) is 59.8 Å². The zero-order valence-corrected chi connectivity index (χ0v) is 21.4. The molecule has 0 spiro atoms. The Morgan fingerprint density at radius 3 is 2.49 bits per heavy atom. The van der Waals surface area contributed by atoms with Crippen LogP contribution in [0.25, 0.3) is 0 Å². The van der Waals surface area contributed by atoms with Gasteiger partial charge in [0.2, 0.25) is 0 Å². The first-order valence-corrected chi connectivity index (χ1v) is 13.8. The number of hydrogen-bond donors (Lipinski definition) is 2. The Kier molecular flexibility index (Phi) is 5.74. The molecule has 2 saturated heterocycles. The van der Waals surface area contributed by atoms with Crippen molar-refractivity contribution >= 4 is 0 Å². The quantitative estimate of drug-likeness (QED) is 0.649. The van der Waals surface area contributed by atoms with E-state index >= 15 is 0 Å². The molecule has 2 saturated carbocycles. The summed E-state index contributed by atoms with van der Waals surface area (Å²) in [6, 6.07) is 12.2. The van der Waals surface area contributed by atoms with Crippen LogP contribution in [-0.4, -0.2) is 69.4 Å². The highest BCUT2D eigenvalue weighted by atomic mass is 16.3. The molecule has 0 bridgehead atoms. The van der Waals surface area contributed by atoms with E-state index in [2.05, 4.69) is 35.8 Å². The molecule has 2 aliphatic carbocycles. The normalized spacial score (nSPS) is 33.2. The average molecular weight is 476 g/mol. The van der Waals surface area contributed by atoms with Gasteiger partial charge < -0.3 is 15.1 Å². The molecule has 4 aliphatic rings. The first-order valence-electron chi connectivity index (χ1n) is 13.8. The van der Waals surface area contributed by atoms with Crippen LogP contribution in [0.1, 0.15) is 68.7 Å². The maximum Gasteiger partial charge on any atom is 0.115 e. The van der Waals surface area contributed by atoms with Gasteiger partial charge in [-0.1, -0.05) is 12.1 Å². The predicted octanol–water partition coefficient (Wildman–Crippen LogP) is 4.40. The smallest absolute Gasteiger partial charge is 0.115 e. The molecule has 0 radical (unpaired) electrons. The number of aliphatic hydroxyl groups is 1. The first-order chi connectivity index (χ1) is 16.9. The maximum atomic E-state index is 12.7. The number of fused-ring (bicyclic) bond motifs is 1. The number of aromatic hydroxyl groups is 1. The van der Waals surface area contributed by atoms with Crippen LogP contribution >= 0.6 is 0 Å². The molecule has 4 fully saturated rings. The summed E-state index contributed by atoms with van der Waals surface area (Å²) in [6.07, 6.45) is 9.63. The average Bonchev–Trinajstić information content (AvgIpc) is 3.79. The molecule has 6 rings (SSSR count). The lowest BCUT2D eigenvalue weighted by molar-refractivity contribution is -0.136. The Bertz CT molecular complexity index is 1070. The van der Waals surface area contributed by atoms with E-state index in [0.29, 0.717) is 5.75 Å². The Balaban J connectivity index is 1.33. The number of aromatic nitrogens is 1. The standard InChI is InChI=1S/C30H41N3O2/c1-22-6-9-25(34)19-26(22)29-12-16-32(21-28(10-11-28)27-5-3-4-15-31-27)17-14-30(29,35)23(2)33(18-13-29)20-24-7-8-24/h3-6,9,15,19,23-24,34-35H,7-8,10-14,16-18,20-21H2,1-2H3. The second-order valence-corrected chi connectivity index (χ2v) is 12.1. The van der Waals surface area contributed by atoms with Crippen LogP contribution in [0.5, 0.6) is 5.75 Å². The van der Waals surface area contributed by atoms with Crippen molar-refractivity contribution < 1.29 is 10.2 Å². The summed E-state index contributed by atoms with van der Waals surface area (Å²) in [4.78, 5) is 9.89. The summed E-state index contributed by atoms with van der Waals surface area (Å²) in [5.41, 5.74) is 2.58. The number of phenols is 1. The molecular formula is C30H41N3O2. The van der Waals surface area contributed by atoms with Gasteiger partial charge in [0.15, 0.2) is 0 Å². The lowest BCUT2D eigenvalue weighted by atomic mass is 9.57. The number of phenolic OH excluding ortho intramolecular Hbond substituents is 1. The van der Waals surface area contributed by atoms with Gasteiger partial charge in [-0.05, 0) is 113 Å². The van der Waals surface area contributed by atoms with Crippen molar-refractivity contribution in [1.29, 1.82) is 0 Å². The zero-order valence-electron chi connectivity index (χ0n) is 21.4. The third-order valence-electron chi connectivity index (χ3n) is 10.1. The first kappa shape index (κ1) is 23.4. The lowest BCUT2D eigenvalue weighted by Crippen LogP contribution is -2.68. The number of benzene rings is 1. The van der Waals surface area contributed by atoms with Gasteiger partial charge in [0.05, 0.1) is 5.60 Å². The molecule has 1 aromatic heterocycles. The molecule has 1 aromatic carbocycles. The van der Waals surface area contributed by atoms with Crippen molar-refractivity contribution in [2.24, 2.45) is 5.92 Å². The highest BCUT2D eigenvalue weighted by Gasteiger charge is 2.60. The number of pyridine rings is 1. The molecule has 2 aliphatic heterocycles. The molecule has 35 heavy (non-hydrogen) atoms. The number of rotatable bonds is 6. The van der Waals surface area contributed by atoms with E-state index < -0.39 is 5.60 Å². The Morgan fingerprint density at radius 1 is 1.00 bits per heavy atom. The van der Waals surface area contributed by atoms with Crippen molar-refractivity contribution in [3.8, 4) is 5.75 Å². The van der Waals surface area contributed by atoms with Crippen molar-refractivity contribution in [3.63, 3.8) is 0 Å². The van der Waals surface area contributed by atoms with Gasteiger partial charge in [-0.2, -0.15) is 0 Å². The molecule has 5 heteroatoms. The highest BCUT2D eigenvalue weighted by Crippen LogP contribution is 2.54. The summed E-state index contributed by atoms with van der Waals surface area (Å²) in [5.74, 6) is 1.12. The van der Waals surface area contributed by atoms with E-state index in [0.717, 1.165) is 63.5 Å². The van der Waals surface area contributed by atoms with Gasteiger partial charge in [0.25, 0.3) is 0 Å². The number of nitrogens with zero attached hydrogens (tertiary/aromatic N) is 3. The van der Waals surface area contributed by atoms with E-state index in [9.17, 15) is 10.2 Å². The fourth-order valence-electron chi connectivity index (χ4n) is 7.44. The summed E-state index contributed by atoms with van der Waals surface area (Å²) < 4.78 is 0. The van der Waals surface area contributed by atoms with Crippen LogP contribution in [0.3, 0.4) is 0 Å². The summed E-state index contributed by atoms with van der Waals surface area (Å²) in [5, 5.41) is 23.2. The minimum Gasteiger partial charge on any atom is -0.508 e. The van der Waals surface area contributed by atoms with Gasteiger partial charge >= 0.3 is 0 Å². The SMILES string of the molecule is Cc1ccc(O)cc1C12CCN(CC3(c4ccccn4)CC3)CCC1(O)C(C)N(CC1CC1)CC2. The molecule has 3 heterocycles. The molecule has 2 aromatic rings. The third kappa shape index (κ3) is 4.00. The fourth-order valence-corrected chi connectivity index (χ4v) is 7.44. The zero-order chi connectivity index (χ0) is 24.3. The van der Waals surface area contributed by atoms with Gasteiger partial charge in [-0.3, -0.25) is 9.88 Å². The molecule has 0 amide bonds. The Hall–Kier alpha value is -1.95. The van der Waals surface area contributed by atoms with Crippen molar-refractivity contribution in [1.82, 2.24) is 14.8 Å². The van der Waals surface area contributed by atoms with E-state index in [-0.39, 0.29) is 16.9 Å². The van der Waals surface area contributed by atoms with Gasteiger partial charge in [0, 0.05) is 48.4 Å². The van der Waals surface area contributed by atoms with E-state index in [1.165, 1.54) is 36.9 Å². The largest absolute Gasteiger partial charge is 0.508 e. The summed E-state index contributed by atoms with van der Waals surface area (Å²) >= 11 is 0. The highest BCUT2D eigenvalue weighted by molar-refractivity contribution is 5.43. The lowest BCUT2D eigenvalue weighted by Gasteiger charge is -2.58.